The van der Waals surface area contributed by atoms with Crippen molar-refractivity contribution < 1.29 is 5.11 Å². The Kier molecular flexibility index (Phi) is 8.50. The lowest BCUT2D eigenvalue weighted by Gasteiger charge is -2.47. The highest BCUT2D eigenvalue weighted by molar-refractivity contribution is 8.20. The Morgan fingerprint density at radius 2 is 1.54 bits per heavy atom. The first-order chi connectivity index (χ1) is 12.7. The van der Waals surface area contributed by atoms with Crippen LogP contribution in [0.25, 0.3) is 0 Å². The molecule has 1 aromatic carbocycles. The van der Waals surface area contributed by atoms with Crippen molar-refractivity contribution in [1.82, 2.24) is 0 Å². The highest BCUT2D eigenvalue weighted by Crippen LogP contribution is 2.60. The first kappa shape index (κ1) is 21.3. The lowest BCUT2D eigenvalue weighted by atomic mass is 10.00. The van der Waals surface area contributed by atoms with E-state index in [1.165, 1.54) is 61.5 Å². The van der Waals surface area contributed by atoms with Crippen molar-refractivity contribution in [2.45, 2.75) is 66.1 Å². The highest BCUT2D eigenvalue weighted by Gasteiger charge is 2.49. The van der Waals surface area contributed by atoms with Gasteiger partial charge in [-0.05, 0) is 54.3 Å². The van der Waals surface area contributed by atoms with Crippen LogP contribution in [0.5, 0.6) is 0 Å². The minimum absolute atomic E-state index is 0.0941. The number of benzene rings is 1. The molecule has 1 aromatic rings. The molecule has 2 saturated heterocycles. The van der Waals surface area contributed by atoms with Gasteiger partial charge in [0, 0.05) is 0 Å². The molecule has 0 aromatic heterocycles. The lowest BCUT2D eigenvalue weighted by molar-refractivity contribution is 0.157. The Hall–Kier alpha value is 0.580. The second-order valence-corrected chi connectivity index (χ2v) is 13.6. The normalized spacial score (nSPS) is 23.5. The second kappa shape index (κ2) is 10.4. The van der Waals surface area contributed by atoms with Crippen LogP contribution in [0.15, 0.2) is 30.3 Å². The maximum absolute atomic E-state index is 11.5. The van der Waals surface area contributed by atoms with Crippen LogP contribution in [0, 0.1) is 0 Å². The van der Waals surface area contributed by atoms with Crippen molar-refractivity contribution in [2.24, 2.45) is 0 Å². The van der Waals surface area contributed by atoms with Crippen molar-refractivity contribution in [3.63, 3.8) is 0 Å². The SMILES string of the molecule is CCCCCC1(CC2(C(O)c3ccccc3)SCCCS2)SCCCS1. The first-order valence-electron chi connectivity index (χ1n) is 9.99. The molecule has 2 heterocycles. The summed E-state index contributed by atoms with van der Waals surface area (Å²) in [6, 6.07) is 10.4. The lowest BCUT2D eigenvalue weighted by Crippen LogP contribution is -2.41. The average Bonchev–Trinajstić information content (AvgIpc) is 2.70. The summed E-state index contributed by atoms with van der Waals surface area (Å²) in [6.45, 7) is 2.29. The fourth-order valence-corrected chi connectivity index (χ4v) is 11.3. The molecule has 5 heteroatoms. The van der Waals surface area contributed by atoms with Crippen LogP contribution in [-0.4, -0.2) is 36.3 Å². The molecule has 0 aliphatic carbocycles. The third-order valence-corrected chi connectivity index (χ3v) is 12.1. The number of thioether (sulfide) groups is 4. The summed E-state index contributed by atoms with van der Waals surface area (Å²) < 4.78 is 0.198. The molecule has 2 aliphatic heterocycles. The van der Waals surface area contributed by atoms with Gasteiger partial charge < -0.3 is 5.11 Å². The molecule has 2 fully saturated rings. The summed E-state index contributed by atoms with van der Waals surface area (Å²) >= 11 is 8.44. The minimum atomic E-state index is -0.384. The van der Waals surface area contributed by atoms with Crippen molar-refractivity contribution in [3.05, 3.63) is 35.9 Å². The highest BCUT2D eigenvalue weighted by atomic mass is 32.2. The Labute approximate surface area is 176 Å². The van der Waals surface area contributed by atoms with Crippen LogP contribution in [0.1, 0.15) is 63.5 Å². The van der Waals surface area contributed by atoms with E-state index in [2.05, 4.69) is 54.7 Å². The summed E-state index contributed by atoms with van der Waals surface area (Å²) in [5.74, 6) is 4.92. The average molecular weight is 429 g/mol. The van der Waals surface area contributed by atoms with E-state index in [0.717, 1.165) is 12.0 Å². The van der Waals surface area contributed by atoms with Gasteiger partial charge >= 0.3 is 0 Å². The number of rotatable bonds is 8. The zero-order chi connectivity index (χ0) is 18.3. The van der Waals surface area contributed by atoms with Gasteiger partial charge in [0.05, 0.1) is 8.16 Å². The molecule has 0 bridgehead atoms. The molecule has 1 nitrogen and oxygen atoms in total. The summed E-state index contributed by atoms with van der Waals surface area (Å²) in [7, 11) is 0. The summed E-state index contributed by atoms with van der Waals surface area (Å²) in [6.07, 6.45) is 8.56. The maximum Gasteiger partial charge on any atom is 0.103 e. The first-order valence-corrected chi connectivity index (χ1v) is 13.9. The van der Waals surface area contributed by atoms with Crippen LogP contribution in [0.3, 0.4) is 0 Å². The number of aliphatic hydroxyl groups excluding tert-OH is 1. The van der Waals surface area contributed by atoms with Gasteiger partial charge in [-0.15, -0.1) is 47.0 Å². The number of aliphatic hydroxyl groups is 1. The van der Waals surface area contributed by atoms with Gasteiger partial charge in [-0.25, -0.2) is 0 Å². The van der Waals surface area contributed by atoms with Gasteiger partial charge in [0.25, 0.3) is 0 Å². The van der Waals surface area contributed by atoms with Crippen molar-refractivity contribution in [3.8, 4) is 0 Å². The van der Waals surface area contributed by atoms with Crippen LogP contribution >= 0.6 is 47.0 Å². The Morgan fingerprint density at radius 1 is 0.923 bits per heavy atom. The topological polar surface area (TPSA) is 20.2 Å². The zero-order valence-electron chi connectivity index (χ0n) is 15.8. The van der Waals surface area contributed by atoms with E-state index in [1.807, 2.05) is 29.6 Å². The van der Waals surface area contributed by atoms with Crippen LogP contribution < -0.4 is 0 Å². The van der Waals surface area contributed by atoms with Gasteiger partial charge in [-0.1, -0.05) is 56.5 Å². The molecule has 0 amide bonds. The molecule has 26 heavy (non-hydrogen) atoms. The maximum atomic E-state index is 11.5. The van der Waals surface area contributed by atoms with Crippen molar-refractivity contribution in [1.29, 1.82) is 0 Å². The van der Waals surface area contributed by atoms with Gasteiger partial charge in [0.2, 0.25) is 0 Å². The molecule has 2 aliphatic rings. The summed E-state index contributed by atoms with van der Waals surface area (Å²) in [5.41, 5.74) is 1.09. The van der Waals surface area contributed by atoms with E-state index in [4.69, 9.17) is 0 Å². The molecule has 0 radical (unpaired) electrons. The smallest absolute Gasteiger partial charge is 0.103 e. The molecule has 1 unspecified atom stereocenters. The monoisotopic (exact) mass is 428 g/mol. The summed E-state index contributed by atoms with van der Waals surface area (Å²) in [5, 5.41) is 11.5. The standard InChI is InChI=1S/C21H32OS4/c1-2-3-7-12-20(23-13-8-14-24-20)17-21(25-15-9-16-26-21)19(22)18-10-5-4-6-11-18/h4-6,10-11,19,22H,2-3,7-9,12-17H2,1H3. The molecular formula is C21H32OS4. The molecule has 0 saturated carbocycles. The predicted octanol–water partition coefficient (Wildman–Crippen LogP) is 6.82. The van der Waals surface area contributed by atoms with Gasteiger partial charge in [0.15, 0.2) is 0 Å². The van der Waals surface area contributed by atoms with E-state index in [1.54, 1.807) is 0 Å². The quantitative estimate of drug-likeness (QED) is 0.457. The van der Waals surface area contributed by atoms with Crippen molar-refractivity contribution >= 4 is 47.0 Å². The molecule has 1 atom stereocenters. The fourth-order valence-electron chi connectivity index (χ4n) is 3.81. The molecule has 146 valence electrons. The number of unbranched alkanes of at least 4 members (excludes halogenated alkanes) is 2. The fraction of sp³-hybridized carbons (Fsp3) is 0.714. The van der Waals surface area contributed by atoms with E-state index in [0.29, 0.717) is 4.08 Å². The third kappa shape index (κ3) is 5.34. The number of hydrogen-bond donors (Lipinski definition) is 1. The number of hydrogen-bond acceptors (Lipinski definition) is 5. The van der Waals surface area contributed by atoms with E-state index in [9.17, 15) is 5.11 Å². The molecular weight excluding hydrogens is 396 g/mol. The molecule has 3 rings (SSSR count). The van der Waals surface area contributed by atoms with Crippen LogP contribution in [0.4, 0.5) is 0 Å². The van der Waals surface area contributed by atoms with Gasteiger partial charge in [-0.2, -0.15) is 0 Å². The van der Waals surface area contributed by atoms with Gasteiger partial charge in [-0.3, -0.25) is 0 Å². The minimum Gasteiger partial charge on any atom is -0.386 e. The second-order valence-electron chi connectivity index (χ2n) is 7.27. The largest absolute Gasteiger partial charge is 0.386 e. The van der Waals surface area contributed by atoms with Crippen LogP contribution in [-0.2, 0) is 0 Å². The Bertz CT molecular complexity index is 524. The zero-order valence-corrected chi connectivity index (χ0v) is 19.1. The van der Waals surface area contributed by atoms with E-state index < -0.39 is 0 Å². The Balaban J connectivity index is 1.83. The van der Waals surface area contributed by atoms with Crippen LogP contribution in [0.2, 0.25) is 0 Å². The summed E-state index contributed by atoms with van der Waals surface area (Å²) in [4.78, 5) is 0. The van der Waals surface area contributed by atoms with Gasteiger partial charge in [0.1, 0.15) is 6.10 Å². The van der Waals surface area contributed by atoms with E-state index >= 15 is 0 Å². The van der Waals surface area contributed by atoms with Crippen molar-refractivity contribution in [2.75, 3.05) is 23.0 Å². The molecule has 0 spiro atoms. The third-order valence-electron chi connectivity index (χ3n) is 5.21. The molecule has 1 N–H and O–H groups in total. The Morgan fingerprint density at radius 3 is 2.15 bits per heavy atom. The predicted molar refractivity (Wildman–Crippen MR) is 125 cm³/mol. The van der Waals surface area contributed by atoms with E-state index in [-0.39, 0.29) is 10.2 Å².